The van der Waals surface area contributed by atoms with Crippen LogP contribution in [0.2, 0.25) is 0 Å². The van der Waals surface area contributed by atoms with Gasteiger partial charge in [0, 0.05) is 12.1 Å². The summed E-state index contributed by atoms with van der Waals surface area (Å²) in [5.74, 6) is -1.27. The quantitative estimate of drug-likeness (QED) is 0.341. The Morgan fingerprint density at radius 1 is 1.13 bits per heavy atom. The van der Waals surface area contributed by atoms with E-state index < -0.39 is 34.5 Å². The number of amides is 1. The summed E-state index contributed by atoms with van der Waals surface area (Å²) in [6, 6.07) is 10.3. The van der Waals surface area contributed by atoms with E-state index in [0.29, 0.717) is 31.1 Å². The molecule has 0 saturated carbocycles. The molecule has 2 rings (SSSR count). The lowest BCUT2D eigenvalue weighted by atomic mass is 10.2. The normalized spacial score (nSPS) is 12.1. The van der Waals surface area contributed by atoms with Crippen LogP contribution in [0.4, 0.5) is 0 Å². The Labute approximate surface area is 180 Å². The second-order valence-corrected chi connectivity index (χ2v) is 8.11. The molecule has 10 nitrogen and oxygen atoms in total. The van der Waals surface area contributed by atoms with Crippen LogP contribution >= 0.6 is 0 Å². The van der Waals surface area contributed by atoms with Crippen LogP contribution in [0.1, 0.15) is 16.8 Å². The molecule has 0 aliphatic carbocycles. The maximum atomic E-state index is 12.5. The molecule has 0 fully saturated rings. The number of nitrogens with two attached hydrogens (primary N) is 1. The van der Waals surface area contributed by atoms with Crippen LogP contribution < -0.4 is 25.2 Å². The number of hydrogen-bond donors (Lipinski definition) is 4. The highest BCUT2D eigenvalue weighted by atomic mass is 32.2. The summed E-state index contributed by atoms with van der Waals surface area (Å²) < 4.78 is 37.6. The first kappa shape index (κ1) is 24.1. The van der Waals surface area contributed by atoms with E-state index in [4.69, 9.17) is 15.2 Å². The van der Waals surface area contributed by atoms with Crippen LogP contribution in [0.15, 0.2) is 53.4 Å². The van der Waals surface area contributed by atoms with Gasteiger partial charge in [-0.05, 0) is 43.3 Å². The third-order valence-electron chi connectivity index (χ3n) is 4.15. The Hall–Kier alpha value is -3.15. The highest BCUT2D eigenvalue weighted by Gasteiger charge is 2.26. The monoisotopic (exact) mass is 451 g/mol. The van der Waals surface area contributed by atoms with Gasteiger partial charge in [-0.1, -0.05) is 18.2 Å². The maximum absolute atomic E-state index is 12.5. The van der Waals surface area contributed by atoms with Crippen molar-refractivity contribution in [2.45, 2.75) is 17.4 Å². The van der Waals surface area contributed by atoms with Crippen LogP contribution in [0.5, 0.6) is 11.5 Å². The van der Waals surface area contributed by atoms with E-state index in [2.05, 4.69) is 10.0 Å². The number of aliphatic carboxylic acids is 1. The van der Waals surface area contributed by atoms with E-state index in [9.17, 15) is 23.1 Å². The standard InChI is InChI=1S/C20H25N3O7S/c1-29-18-12-14(8-9-17(18)30-11-5-10-21)19(24)22-13-16(20(25)26)23-31(27,28)15-6-3-2-4-7-15/h2-4,6-9,12,16,23H,5,10-11,13,21H2,1H3,(H,22,24)(H,25,26)/t16-/m0/s1. The van der Waals surface area contributed by atoms with E-state index in [1.54, 1.807) is 12.1 Å². The Morgan fingerprint density at radius 3 is 2.45 bits per heavy atom. The lowest BCUT2D eigenvalue weighted by Crippen LogP contribution is -2.48. The van der Waals surface area contributed by atoms with E-state index >= 15 is 0 Å². The van der Waals surface area contributed by atoms with Crippen molar-refractivity contribution in [2.75, 3.05) is 26.8 Å². The first-order chi connectivity index (χ1) is 14.8. The van der Waals surface area contributed by atoms with Crippen molar-refractivity contribution in [2.24, 2.45) is 5.73 Å². The number of hydrogen-bond acceptors (Lipinski definition) is 7. The molecule has 0 heterocycles. The maximum Gasteiger partial charge on any atom is 0.323 e. The zero-order valence-electron chi connectivity index (χ0n) is 16.9. The molecule has 31 heavy (non-hydrogen) atoms. The van der Waals surface area contributed by atoms with Gasteiger partial charge >= 0.3 is 5.97 Å². The van der Waals surface area contributed by atoms with Gasteiger partial charge in [0.25, 0.3) is 5.91 Å². The van der Waals surface area contributed by atoms with Gasteiger partial charge in [-0.15, -0.1) is 0 Å². The lowest BCUT2D eigenvalue weighted by Gasteiger charge is -2.16. The molecule has 0 aliphatic heterocycles. The highest BCUT2D eigenvalue weighted by Crippen LogP contribution is 2.28. The fourth-order valence-electron chi connectivity index (χ4n) is 2.52. The number of methoxy groups -OCH3 is 1. The Balaban J connectivity index is 2.05. The fourth-order valence-corrected chi connectivity index (χ4v) is 3.73. The number of benzene rings is 2. The number of sulfonamides is 1. The first-order valence-corrected chi connectivity index (χ1v) is 10.9. The van der Waals surface area contributed by atoms with Gasteiger partial charge in [0.15, 0.2) is 11.5 Å². The predicted molar refractivity (Wildman–Crippen MR) is 113 cm³/mol. The van der Waals surface area contributed by atoms with Crippen molar-refractivity contribution < 1.29 is 32.6 Å². The molecule has 0 saturated heterocycles. The van der Waals surface area contributed by atoms with Gasteiger partial charge in [0.2, 0.25) is 10.0 Å². The van der Waals surface area contributed by atoms with Crippen molar-refractivity contribution >= 4 is 21.9 Å². The highest BCUT2D eigenvalue weighted by molar-refractivity contribution is 7.89. The predicted octanol–water partition coefficient (Wildman–Crippen LogP) is 0.584. The van der Waals surface area contributed by atoms with Crippen LogP contribution in [0.25, 0.3) is 0 Å². The first-order valence-electron chi connectivity index (χ1n) is 9.37. The largest absolute Gasteiger partial charge is 0.493 e. The van der Waals surface area contributed by atoms with E-state index in [1.165, 1.54) is 43.5 Å². The number of carbonyl (C=O) groups excluding carboxylic acids is 1. The third kappa shape index (κ3) is 6.95. The van der Waals surface area contributed by atoms with Crippen LogP contribution in [0.3, 0.4) is 0 Å². The average Bonchev–Trinajstić information content (AvgIpc) is 2.77. The molecule has 168 valence electrons. The summed E-state index contributed by atoms with van der Waals surface area (Å²) in [4.78, 5) is 23.9. The molecule has 2 aromatic rings. The summed E-state index contributed by atoms with van der Waals surface area (Å²) in [5.41, 5.74) is 5.62. The van der Waals surface area contributed by atoms with E-state index in [-0.39, 0.29) is 10.5 Å². The Bertz CT molecular complexity index is 997. The molecule has 2 aromatic carbocycles. The number of carboxylic acids is 1. The molecule has 5 N–H and O–H groups in total. The molecule has 1 amide bonds. The Morgan fingerprint density at radius 2 is 1.84 bits per heavy atom. The molecule has 0 aliphatic rings. The number of carbonyl (C=O) groups is 2. The van der Waals surface area contributed by atoms with Crippen molar-refractivity contribution in [1.29, 1.82) is 0 Å². The van der Waals surface area contributed by atoms with Gasteiger partial charge in [0.05, 0.1) is 18.6 Å². The molecule has 0 radical (unpaired) electrons. The number of ether oxygens (including phenoxy) is 2. The van der Waals surface area contributed by atoms with Gasteiger partial charge in [-0.25, -0.2) is 8.42 Å². The second-order valence-electron chi connectivity index (χ2n) is 6.39. The lowest BCUT2D eigenvalue weighted by molar-refractivity contribution is -0.138. The minimum Gasteiger partial charge on any atom is -0.493 e. The van der Waals surface area contributed by atoms with Crippen LogP contribution in [-0.2, 0) is 14.8 Å². The SMILES string of the molecule is COc1cc(C(=O)NC[C@H](NS(=O)(=O)c2ccccc2)C(=O)O)ccc1OCCCN. The average molecular weight is 452 g/mol. The summed E-state index contributed by atoms with van der Waals surface area (Å²) in [6.07, 6.45) is 0.654. The van der Waals surface area contributed by atoms with Crippen molar-refractivity contribution in [3.63, 3.8) is 0 Å². The van der Waals surface area contributed by atoms with E-state index in [0.717, 1.165) is 0 Å². The number of nitrogens with one attached hydrogen (secondary N) is 2. The van der Waals surface area contributed by atoms with Crippen molar-refractivity contribution in [3.8, 4) is 11.5 Å². The fraction of sp³-hybridized carbons (Fsp3) is 0.300. The second kappa shape index (κ2) is 11.3. The van der Waals surface area contributed by atoms with Gasteiger partial charge in [-0.3, -0.25) is 9.59 Å². The molecule has 0 unspecified atom stereocenters. The zero-order valence-corrected chi connectivity index (χ0v) is 17.7. The zero-order chi connectivity index (χ0) is 22.9. The summed E-state index contributed by atoms with van der Waals surface area (Å²) in [7, 11) is -2.65. The van der Waals surface area contributed by atoms with Crippen LogP contribution in [0, 0.1) is 0 Å². The molecule has 0 aromatic heterocycles. The number of rotatable bonds is 12. The minimum atomic E-state index is -4.07. The van der Waals surface area contributed by atoms with Gasteiger partial charge in [0.1, 0.15) is 6.04 Å². The minimum absolute atomic E-state index is 0.0810. The molecule has 0 bridgehead atoms. The molecular formula is C20H25N3O7S. The smallest absolute Gasteiger partial charge is 0.323 e. The third-order valence-corrected chi connectivity index (χ3v) is 5.64. The van der Waals surface area contributed by atoms with Gasteiger partial charge < -0.3 is 25.6 Å². The number of carboxylic acid groups (broad SMARTS) is 1. The van der Waals surface area contributed by atoms with Crippen LogP contribution in [-0.4, -0.2) is 58.2 Å². The molecule has 11 heteroatoms. The van der Waals surface area contributed by atoms with E-state index in [1.807, 2.05) is 0 Å². The molecular weight excluding hydrogens is 426 g/mol. The van der Waals surface area contributed by atoms with Crippen molar-refractivity contribution in [3.05, 3.63) is 54.1 Å². The van der Waals surface area contributed by atoms with Crippen molar-refractivity contribution in [1.82, 2.24) is 10.0 Å². The topological polar surface area (TPSA) is 157 Å². The summed E-state index contributed by atoms with van der Waals surface area (Å²) >= 11 is 0. The molecule has 1 atom stereocenters. The molecule has 0 spiro atoms. The van der Waals surface area contributed by atoms with Gasteiger partial charge in [-0.2, -0.15) is 4.72 Å². The summed E-state index contributed by atoms with van der Waals surface area (Å²) in [5, 5.41) is 11.8. The summed E-state index contributed by atoms with van der Waals surface area (Å²) in [6.45, 7) is 0.402. The Kier molecular flexibility index (Phi) is 8.79.